The smallest absolute Gasteiger partial charge is 0.289 e. The number of piperazine rings is 1. The van der Waals surface area contributed by atoms with Gasteiger partial charge in [0.15, 0.2) is 11.5 Å². The van der Waals surface area contributed by atoms with Gasteiger partial charge in [-0.1, -0.05) is 0 Å². The number of amides is 2. The van der Waals surface area contributed by atoms with Crippen LogP contribution in [0.4, 0.5) is 0 Å². The summed E-state index contributed by atoms with van der Waals surface area (Å²) in [5.74, 6) is 1.83. The monoisotopic (exact) mass is 330 g/mol. The largest absolute Gasteiger partial charge is 0.456 e. The molecule has 2 unspecified atom stereocenters. The van der Waals surface area contributed by atoms with E-state index < -0.39 is 0 Å². The Balaban J connectivity index is 1.74. The highest BCUT2D eigenvalue weighted by molar-refractivity contribution is 5.93. The van der Waals surface area contributed by atoms with Crippen molar-refractivity contribution in [1.82, 2.24) is 9.80 Å². The molecule has 0 bridgehead atoms. The van der Waals surface area contributed by atoms with Crippen LogP contribution >= 0.6 is 0 Å². The van der Waals surface area contributed by atoms with Crippen LogP contribution in [0.1, 0.15) is 46.5 Å². The van der Waals surface area contributed by atoms with E-state index in [0.717, 1.165) is 0 Å². The van der Waals surface area contributed by atoms with E-state index in [2.05, 4.69) is 0 Å². The van der Waals surface area contributed by atoms with Crippen LogP contribution in [0.15, 0.2) is 33.1 Å². The fourth-order valence-corrected chi connectivity index (χ4v) is 3.07. The molecule has 0 spiro atoms. The molecule has 0 saturated carbocycles. The van der Waals surface area contributed by atoms with Crippen molar-refractivity contribution in [2.45, 2.75) is 39.8 Å². The lowest BCUT2D eigenvalue weighted by atomic mass is 10.1. The molecule has 0 N–H and O–H groups in total. The Morgan fingerprint density at radius 2 is 1.21 bits per heavy atom. The Kier molecular flexibility index (Phi) is 4.22. The Hall–Kier alpha value is -2.50. The van der Waals surface area contributed by atoms with Crippen LogP contribution in [-0.2, 0) is 0 Å². The number of rotatable bonds is 2. The quantitative estimate of drug-likeness (QED) is 0.849. The summed E-state index contributed by atoms with van der Waals surface area (Å²) in [6.45, 7) is 8.42. The van der Waals surface area contributed by atoms with E-state index in [9.17, 15) is 9.59 Å². The van der Waals surface area contributed by atoms with Crippen molar-refractivity contribution in [3.8, 4) is 0 Å². The Bertz CT molecular complexity index is 696. The molecule has 0 radical (unpaired) electrons. The summed E-state index contributed by atoms with van der Waals surface area (Å²) in [5.41, 5.74) is 0. The maximum Gasteiger partial charge on any atom is 0.289 e. The summed E-state index contributed by atoms with van der Waals surface area (Å²) in [4.78, 5) is 28.8. The normalized spacial score (nSPS) is 21.2. The van der Waals surface area contributed by atoms with Crippen LogP contribution in [-0.4, -0.2) is 46.8 Å². The van der Waals surface area contributed by atoms with Gasteiger partial charge in [-0.05, 0) is 52.0 Å². The average molecular weight is 330 g/mol. The van der Waals surface area contributed by atoms with E-state index in [0.29, 0.717) is 36.1 Å². The molecule has 128 valence electrons. The first-order chi connectivity index (χ1) is 11.4. The SMILES string of the molecule is Cc1ccc(C(=O)N2CC(C)N(C(=O)c3ccc(C)o3)CC2C)o1. The highest BCUT2D eigenvalue weighted by Crippen LogP contribution is 2.21. The molecule has 1 fully saturated rings. The van der Waals surface area contributed by atoms with Crippen LogP contribution < -0.4 is 0 Å². The van der Waals surface area contributed by atoms with Gasteiger partial charge in [0.25, 0.3) is 11.8 Å². The third-order valence-corrected chi connectivity index (χ3v) is 4.41. The standard InChI is InChI=1S/C18H22N2O4/c1-11-9-20(18(22)16-8-6-14(4)24-16)12(2)10-19(11)17(21)15-7-5-13(3)23-15/h5-8,11-12H,9-10H2,1-4H3. The van der Waals surface area contributed by atoms with Crippen LogP contribution in [0.5, 0.6) is 0 Å². The summed E-state index contributed by atoms with van der Waals surface area (Å²) in [7, 11) is 0. The minimum atomic E-state index is -0.136. The number of nitrogens with zero attached hydrogens (tertiary/aromatic N) is 2. The van der Waals surface area contributed by atoms with Crippen molar-refractivity contribution in [1.29, 1.82) is 0 Å². The van der Waals surface area contributed by atoms with Gasteiger partial charge in [0, 0.05) is 25.2 Å². The molecular formula is C18H22N2O4. The summed E-state index contributed by atoms with van der Waals surface area (Å²) >= 11 is 0. The van der Waals surface area contributed by atoms with Crippen molar-refractivity contribution in [2.75, 3.05) is 13.1 Å². The average Bonchev–Trinajstić information content (AvgIpc) is 3.16. The lowest BCUT2D eigenvalue weighted by Crippen LogP contribution is -2.59. The fraction of sp³-hybridized carbons (Fsp3) is 0.444. The number of hydrogen-bond donors (Lipinski definition) is 0. The highest BCUT2D eigenvalue weighted by Gasteiger charge is 2.36. The van der Waals surface area contributed by atoms with E-state index in [1.807, 2.05) is 27.7 Å². The first-order valence-electron chi connectivity index (χ1n) is 8.11. The molecule has 1 aliphatic heterocycles. The molecule has 6 heteroatoms. The number of hydrogen-bond acceptors (Lipinski definition) is 4. The van der Waals surface area contributed by atoms with Crippen molar-refractivity contribution >= 4 is 11.8 Å². The molecule has 3 rings (SSSR count). The van der Waals surface area contributed by atoms with Gasteiger partial charge in [0.2, 0.25) is 0 Å². The summed E-state index contributed by atoms with van der Waals surface area (Å²) in [6.07, 6.45) is 0. The van der Waals surface area contributed by atoms with E-state index in [-0.39, 0.29) is 23.9 Å². The third-order valence-electron chi connectivity index (χ3n) is 4.41. The summed E-state index contributed by atoms with van der Waals surface area (Å²) in [6, 6.07) is 6.75. The van der Waals surface area contributed by atoms with Gasteiger partial charge in [-0.15, -0.1) is 0 Å². The van der Waals surface area contributed by atoms with Crippen LogP contribution in [0, 0.1) is 13.8 Å². The van der Waals surface area contributed by atoms with Gasteiger partial charge in [-0.3, -0.25) is 9.59 Å². The van der Waals surface area contributed by atoms with Crippen LogP contribution in [0.3, 0.4) is 0 Å². The van der Waals surface area contributed by atoms with Gasteiger partial charge in [0.1, 0.15) is 11.5 Å². The molecule has 2 atom stereocenters. The topological polar surface area (TPSA) is 66.9 Å². The second-order valence-corrected chi connectivity index (χ2v) is 6.43. The van der Waals surface area contributed by atoms with Crippen molar-refractivity contribution in [3.05, 3.63) is 47.3 Å². The zero-order valence-electron chi connectivity index (χ0n) is 14.4. The van der Waals surface area contributed by atoms with E-state index in [1.54, 1.807) is 34.1 Å². The number of aryl methyl sites for hydroxylation is 2. The predicted molar refractivity (Wildman–Crippen MR) is 87.9 cm³/mol. The van der Waals surface area contributed by atoms with Gasteiger partial charge in [0.05, 0.1) is 0 Å². The second-order valence-electron chi connectivity index (χ2n) is 6.43. The first kappa shape index (κ1) is 16.4. The van der Waals surface area contributed by atoms with Gasteiger partial charge in [-0.25, -0.2) is 0 Å². The van der Waals surface area contributed by atoms with Crippen molar-refractivity contribution in [2.24, 2.45) is 0 Å². The van der Waals surface area contributed by atoms with Crippen LogP contribution in [0.2, 0.25) is 0 Å². The minimum absolute atomic E-state index is 0.0980. The third kappa shape index (κ3) is 2.96. The maximum absolute atomic E-state index is 12.6. The van der Waals surface area contributed by atoms with E-state index in [4.69, 9.17) is 8.83 Å². The summed E-state index contributed by atoms with van der Waals surface area (Å²) < 4.78 is 10.9. The number of carbonyl (C=O) groups is 2. The number of carbonyl (C=O) groups excluding carboxylic acids is 2. The molecule has 2 aromatic heterocycles. The van der Waals surface area contributed by atoms with E-state index in [1.165, 1.54) is 0 Å². The maximum atomic E-state index is 12.6. The van der Waals surface area contributed by atoms with Crippen LogP contribution in [0.25, 0.3) is 0 Å². The molecule has 2 aromatic rings. The molecule has 24 heavy (non-hydrogen) atoms. The van der Waals surface area contributed by atoms with Gasteiger partial charge in [-0.2, -0.15) is 0 Å². The molecular weight excluding hydrogens is 308 g/mol. The second kappa shape index (κ2) is 6.19. The molecule has 0 aliphatic carbocycles. The molecule has 2 amide bonds. The molecule has 6 nitrogen and oxygen atoms in total. The molecule has 0 aromatic carbocycles. The first-order valence-corrected chi connectivity index (χ1v) is 8.11. The number of furan rings is 2. The highest BCUT2D eigenvalue weighted by atomic mass is 16.4. The molecule has 1 saturated heterocycles. The zero-order chi connectivity index (χ0) is 17.4. The predicted octanol–water partition coefficient (Wildman–Crippen LogP) is 2.86. The Morgan fingerprint density at radius 1 is 0.833 bits per heavy atom. The molecule has 3 heterocycles. The van der Waals surface area contributed by atoms with E-state index >= 15 is 0 Å². The lowest BCUT2D eigenvalue weighted by Gasteiger charge is -2.43. The van der Waals surface area contributed by atoms with Crippen molar-refractivity contribution in [3.63, 3.8) is 0 Å². The molecule has 1 aliphatic rings. The Morgan fingerprint density at radius 3 is 1.50 bits per heavy atom. The summed E-state index contributed by atoms with van der Waals surface area (Å²) in [5, 5.41) is 0. The Labute approximate surface area is 141 Å². The van der Waals surface area contributed by atoms with Gasteiger partial charge >= 0.3 is 0 Å². The zero-order valence-corrected chi connectivity index (χ0v) is 14.4. The lowest BCUT2D eigenvalue weighted by molar-refractivity contribution is 0.0237. The van der Waals surface area contributed by atoms with Crippen molar-refractivity contribution < 1.29 is 18.4 Å². The van der Waals surface area contributed by atoms with Gasteiger partial charge < -0.3 is 18.6 Å². The minimum Gasteiger partial charge on any atom is -0.456 e. The fourth-order valence-electron chi connectivity index (χ4n) is 3.07.